The lowest BCUT2D eigenvalue weighted by Gasteiger charge is -2.16. The summed E-state index contributed by atoms with van der Waals surface area (Å²) in [5.41, 5.74) is 1.44. The molecule has 0 spiro atoms. The van der Waals surface area contributed by atoms with E-state index < -0.39 is 0 Å². The molecule has 1 heterocycles. The number of allylic oxidation sites excluding steroid dienone is 3. The summed E-state index contributed by atoms with van der Waals surface area (Å²) in [5, 5.41) is 12.2. The Morgan fingerprint density at radius 3 is 2.21 bits per heavy atom. The summed E-state index contributed by atoms with van der Waals surface area (Å²) in [6, 6.07) is 2.04. The van der Waals surface area contributed by atoms with E-state index >= 15 is 0 Å². The largest absolute Gasteiger partial charge is 0.375 e. The lowest BCUT2D eigenvalue weighted by Crippen LogP contribution is -2.25. The van der Waals surface area contributed by atoms with Gasteiger partial charge in [0.2, 0.25) is 0 Å². The van der Waals surface area contributed by atoms with Crippen molar-refractivity contribution < 1.29 is 4.79 Å². The van der Waals surface area contributed by atoms with Crippen LogP contribution in [0, 0.1) is 11.3 Å². The molecule has 0 aromatic heterocycles. The molecule has 1 aliphatic rings. The van der Waals surface area contributed by atoms with Crippen LogP contribution in [-0.4, -0.2) is 30.4 Å². The molecule has 0 aromatic carbocycles. The zero-order chi connectivity index (χ0) is 20.5. The maximum atomic E-state index is 12.2. The quantitative estimate of drug-likeness (QED) is 0.217. The van der Waals surface area contributed by atoms with Crippen molar-refractivity contribution in [3.63, 3.8) is 0 Å². The van der Waals surface area contributed by atoms with Gasteiger partial charge in [0.25, 0.3) is 5.91 Å². The van der Waals surface area contributed by atoms with Crippen LogP contribution in [0.4, 0.5) is 0 Å². The molecule has 1 N–H and O–H groups in total. The Bertz CT molecular complexity index is 530. The third kappa shape index (κ3) is 10.5. The maximum Gasteiger partial charge on any atom is 0.261 e. The third-order valence-electron chi connectivity index (χ3n) is 5.52. The van der Waals surface area contributed by atoms with Gasteiger partial charge in [-0.25, -0.2) is 0 Å². The molecule has 0 radical (unpaired) electrons. The van der Waals surface area contributed by atoms with Gasteiger partial charge in [-0.05, 0) is 38.3 Å². The molecule has 1 saturated heterocycles. The molecule has 1 fully saturated rings. The number of nitrogens with one attached hydrogen (secondary N) is 1. The third-order valence-corrected chi connectivity index (χ3v) is 5.52. The van der Waals surface area contributed by atoms with Gasteiger partial charge in [-0.15, -0.1) is 0 Å². The van der Waals surface area contributed by atoms with Crippen LogP contribution < -0.4 is 5.32 Å². The minimum Gasteiger partial charge on any atom is -0.375 e. The molecule has 1 aliphatic heterocycles. The summed E-state index contributed by atoms with van der Waals surface area (Å²) >= 11 is 0. The number of unbranched alkanes of at least 4 members (excludes halogenated alkanes) is 10. The van der Waals surface area contributed by atoms with Crippen LogP contribution >= 0.6 is 0 Å². The lowest BCUT2D eigenvalue weighted by molar-refractivity contribution is -0.117. The second-order valence-electron chi connectivity index (χ2n) is 7.82. The van der Waals surface area contributed by atoms with Crippen molar-refractivity contribution in [2.24, 2.45) is 0 Å². The lowest BCUT2D eigenvalue weighted by atomic mass is 10.1. The molecular formula is C24H41N3O. The van der Waals surface area contributed by atoms with Gasteiger partial charge in [0, 0.05) is 25.3 Å². The Labute approximate surface area is 173 Å². The zero-order valence-corrected chi connectivity index (χ0v) is 18.3. The molecule has 0 atom stereocenters. The molecule has 0 aliphatic carbocycles. The smallest absolute Gasteiger partial charge is 0.261 e. The molecule has 1 rings (SSSR count). The fourth-order valence-electron chi connectivity index (χ4n) is 3.73. The van der Waals surface area contributed by atoms with E-state index in [1.807, 2.05) is 12.1 Å². The number of hydrogen-bond acceptors (Lipinski definition) is 3. The fraction of sp³-hybridized carbons (Fsp3) is 0.750. The number of hydrogen-bond donors (Lipinski definition) is 1. The number of carbonyl (C=O) groups is 1. The first-order valence-corrected chi connectivity index (χ1v) is 11.6. The average Bonchev–Trinajstić information content (AvgIpc) is 3.17. The van der Waals surface area contributed by atoms with Crippen molar-refractivity contribution in [1.29, 1.82) is 5.26 Å². The summed E-state index contributed by atoms with van der Waals surface area (Å²) in [6.07, 6.45) is 20.0. The summed E-state index contributed by atoms with van der Waals surface area (Å²) in [6.45, 7) is 7.10. The summed E-state index contributed by atoms with van der Waals surface area (Å²) in [7, 11) is 0. The highest BCUT2D eigenvalue weighted by Crippen LogP contribution is 2.20. The normalized spacial score (nSPS) is 15.8. The SMILES string of the molecule is CCCCCCCCCCCCCNC(=O)C(C#N)=CC=C1CCCN1CC. The van der Waals surface area contributed by atoms with Gasteiger partial charge in [-0.1, -0.05) is 71.1 Å². The van der Waals surface area contributed by atoms with Crippen LogP contribution in [0.2, 0.25) is 0 Å². The average molecular weight is 388 g/mol. The molecule has 158 valence electrons. The maximum absolute atomic E-state index is 12.2. The number of likely N-dealkylation sites (tertiary alicyclic amines) is 1. The van der Waals surface area contributed by atoms with Crippen LogP contribution in [-0.2, 0) is 4.79 Å². The molecule has 0 unspecified atom stereocenters. The fourth-order valence-corrected chi connectivity index (χ4v) is 3.73. The van der Waals surface area contributed by atoms with Crippen LogP contribution in [0.25, 0.3) is 0 Å². The summed E-state index contributed by atoms with van der Waals surface area (Å²) in [4.78, 5) is 14.5. The second kappa shape index (κ2) is 16.2. The van der Waals surface area contributed by atoms with E-state index in [0.717, 1.165) is 38.8 Å². The van der Waals surface area contributed by atoms with Gasteiger partial charge in [-0.3, -0.25) is 4.79 Å². The highest BCUT2D eigenvalue weighted by atomic mass is 16.1. The number of nitrogens with zero attached hydrogens (tertiary/aromatic N) is 2. The Balaban J connectivity index is 2.11. The summed E-state index contributed by atoms with van der Waals surface area (Å²) < 4.78 is 0. The highest BCUT2D eigenvalue weighted by Gasteiger charge is 2.14. The Morgan fingerprint density at radius 1 is 1.04 bits per heavy atom. The number of rotatable bonds is 15. The van der Waals surface area contributed by atoms with Crippen LogP contribution in [0.1, 0.15) is 97.3 Å². The molecule has 4 heteroatoms. The monoisotopic (exact) mass is 387 g/mol. The molecular weight excluding hydrogens is 346 g/mol. The van der Waals surface area contributed by atoms with Gasteiger partial charge >= 0.3 is 0 Å². The molecule has 28 heavy (non-hydrogen) atoms. The standard InChI is InChI=1S/C24H41N3O/c1-3-5-6-7-8-9-10-11-12-13-14-19-26-24(28)22(21-25)17-18-23-16-15-20-27(23)4-2/h17-18H,3-16,19-20H2,1-2H3,(H,26,28). The Kier molecular flexibility index (Phi) is 14.1. The van der Waals surface area contributed by atoms with Crippen molar-refractivity contribution in [2.75, 3.05) is 19.6 Å². The van der Waals surface area contributed by atoms with Crippen molar-refractivity contribution in [3.05, 3.63) is 23.4 Å². The first kappa shape index (κ1) is 24.3. The van der Waals surface area contributed by atoms with Crippen molar-refractivity contribution in [2.45, 2.75) is 97.3 Å². The van der Waals surface area contributed by atoms with Gasteiger partial charge in [0.05, 0.1) is 0 Å². The van der Waals surface area contributed by atoms with E-state index in [2.05, 4.69) is 24.1 Å². The zero-order valence-electron chi connectivity index (χ0n) is 18.3. The number of amides is 1. The molecule has 0 aromatic rings. The van der Waals surface area contributed by atoms with Crippen LogP contribution in [0.15, 0.2) is 23.4 Å². The Morgan fingerprint density at radius 2 is 1.64 bits per heavy atom. The highest BCUT2D eigenvalue weighted by molar-refractivity contribution is 5.97. The van der Waals surface area contributed by atoms with Gasteiger partial charge < -0.3 is 10.2 Å². The predicted octanol–water partition coefficient (Wildman–Crippen LogP) is 5.86. The number of carbonyl (C=O) groups excluding carboxylic acids is 1. The second-order valence-corrected chi connectivity index (χ2v) is 7.82. The van der Waals surface area contributed by atoms with E-state index in [-0.39, 0.29) is 11.5 Å². The van der Waals surface area contributed by atoms with E-state index in [1.54, 1.807) is 6.08 Å². The van der Waals surface area contributed by atoms with Gasteiger partial charge in [0.1, 0.15) is 11.6 Å². The summed E-state index contributed by atoms with van der Waals surface area (Å²) in [5.74, 6) is -0.243. The van der Waals surface area contributed by atoms with Crippen LogP contribution in [0.5, 0.6) is 0 Å². The molecule has 0 saturated carbocycles. The predicted molar refractivity (Wildman–Crippen MR) is 118 cm³/mol. The van der Waals surface area contributed by atoms with Crippen molar-refractivity contribution in [3.8, 4) is 6.07 Å². The van der Waals surface area contributed by atoms with Gasteiger partial charge in [-0.2, -0.15) is 5.26 Å². The molecule has 0 bridgehead atoms. The van der Waals surface area contributed by atoms with Crippen LogP contribution in [0.3, 0.4) is 0 Å². The van der Waals surface area contributed by atoms with E-state index in [0.29, 0.717) is 6.54 Å². The molecule has 1 amide bonds. The number of nitriles is 1. The van der Waals surface area contributed by atoms with E-state index in [4.69, 9.17) is 0 Å². The minimum atomic E-state index is -0.243. The minimum absolute atomic E-state index is 0.207. The topological polar surface area (TPSA) is 56.1 Å². The molecule has 4 nitrogen and oxygen atoms in total. The van der Waals surface area contributed by atoms with E-state index in [9.17, 15) is 10.1 Å². The Hall–Kier alpha value is -1.76. The van der Waals surface area contributed by atoms with Gasteiger partial charge in [0.15, 0.2) is 0 Å². The first-order valence-electron chi connectivity index (χ1n) is 11.6. The van der Waals surface area contributed by atoms with E-state index in [1.165, 1.54) is 63.5 Å². The first-order chi connectivity index (χ1) is 13.7. The van der Waals surface area contributed by atoms with Crippen molar-refractivity contribution >= 4 is 5.91 Å². The van der Waals surface area contributed by atoms with Crippen molar-refractivity contribution in [1.82, 2.24) is 10.2 Å².